The number of unbranched alkanes of at least 4 members (excludes halogenated alkanes) is 12. The maximum absolute atomic E-state index is 5.64. The number of aromatic nitrogens is 2. The summed E-state index contributed by atoms with van der Waals surface area (Å²) in [6.45, 7) is 9.21. The zero-order valence-corrected chi connectivity index (χ0v) is 49.5. The molecule has 4 heteroatoms. The smallest absolute Gasteiger partial charge is 0.0719 e. The Morgan fingerprint density at radius 3 is 1.26 bits per heavy atom. The SMILES string of the molecule is CCCCCCCCC1(CCCCCCCC)c2cc(-c3ccc4nc(-c5ccc(Br)cc5)cc(-c5ccc(CCCC)cc5)c4c3)ccc2-c2cc3c(-c4ccc(CCCC)cc4)cc(-c4ccc(Br)cc4)nc3cc21. The van der Waals surface area contributed by atoms with Gasteiger partial charge in [0, 0.05) is 36.3 Å². The summed E-state index contributed by atoms with van der Waals surface area (Å²) in [5, 5.41) is 2.41. The van der Waals surface area contributed by atoms with Crippen molar-refractivity contribution in [2.75, 3.05) is 0 Å². The van der Waals surface area contributed by atoms with E-state index in [2.05, 4.69) is 217 Å². The van der Waals surface area contributed by atoms with Crippen molar-refractivity contribution >= 4 is 53.7 Å². The Hall–Kier alpha value is -5.68. The van der Waals surface area contributed by atoms with E-state index in [-0.39, 0.29) is 5.41 Å². The molecule has 0 unspecified atom stereocenters. The molecule has 0 fully saturated rings. The molecular weight excluding hydrogens is 1060 g/mol. The van der Waals surface area contributed by atoms with E-state index in [1.807, 2.05) is 0 Å². The zero-order chi connectivity index (χ0) is 53.1. The van der Waals surface area contributed by atoms with Crippen LogP contribution in [0.1, 0.15) is 166 Å². The summed E-state index contributed by atoms with van der Waals surface area (Å²) >= 11 is 7.37. The Labute approximate surface area is 477 Å². The fourth-order valence-electron chi connectivity index (χ4n) is 12.4. The van der Waals surface area contributed by atoms with Crippen LogP contribution in [0.2, 0.25) is 0 Å². The van der Waals surface area contributed by atoms with Gasteiger partial charge in [0.15, 0.2) is 0 Å². The first-order chi connectivity index (χ1) is 37.8. The lowest BCUT2D eigenvalue weighted by Crippen LogP contribution is -2.25. The standard InChI is InChI=1S/C73H78Br2N2/c1-5-9-13-15-17-19-43-73(44-20-18-16-14-10-6-2)67-46-58(57-36-42-69-65(45-57)62(53-27-23-51(24-28-53)21-11-7-3)48-70(76-69)55-31-37-59(74)38-32-55)35-41-61(67)64-47-66-63(54-29-25-52(26-30-54)22-12-8-4)49-71(77-72(66)50-68(64)73)56-33-39-60(75)40-34-56/h23-42,45-50H,5-22,43-44H2,1-4H3. The predicted molar refractivity (Wildman–Crippen MR) is 339 cm³/mol. The number of benzene rings is 7. The van der Waals surface area contributed by atoms with Crippen LogP contribution in [0.3, 0.4) is 0 Å². The molecule has 10 rings (SSSR count). The van der Waals surface area contributed by atoms with Gasteiger partial charge in [-0.15, -0.1) is 0 Å². The molecule has 1 aliphatic carbocycles. The number of halogens is 2. The molecule has 0 atom stereocenters. The van der Waals surface area contributed by atoms with Crippen molar-refractivity contribution in [3.8, 4) is 67.0 Å². The van der Waals surface area contributed by atoms with Crippen LogP contribution in [-0.2, 0) is 18.3 Å². The summed E-state index contributed by atoms with van der Waals surface area (Å²) in [6, 6.07) is 60.3. The van der Waals surface area contributed by atoms with Crippen molar-refractivity contribution in [3.63, 3.8) is 0 Å². The molecule has 1 aliphatic rings. The number of aryl methyl sites for hydroxylation is 2. The molecule has 2 heterocycles. The van der Waals surface area contributed by atoms with Crippen molar-refractivity contribution in [2.45, 2.75) is 162 Å². The fourth-order valence-corrected chi connectivity index (χ4v) is 12.9. The van der Waals surface area contributed by atoms with Crippen LogP contribution in [-0.4, -0.2) is 9.97 Å². The van der Waals surface area contributed by atoms with Gasteiger partial charge in [-0.05, 0) is 172 Å². The van der Waals surface area contributed by atoms with Crippen LogP contribution in [0.25, 0.3) is 88.8 Å². The minimum atomic E-state index is -0.135. The molecule has 77 heavy (non-hydrogen) atoms. The van der Waals surface area contributed by atoms with E-state index in [9.17, 15) is 0 Å². The van der Waals surface area contributed by atoms with E-state index in [0.29, 0.717) is 0 Å². The molecule has 7 aromatic carbocycles. The highest BCUT2D eigenvalue weighted by atomic mass is 79.9. The molecule has 0 amide bonds. The summed E-state index contributed by atoms with van der Waals surface area (Å²) in [5.74, 6) is 0. The molecule has 0 bridgehead atoms. The zero-order valence-electron chi connectivity index (χ0n) is 46.3. The first kappa shape index (κ1) is 54.7. The Morgan fingerprint density at radius 1 is 0.325 bits per heavy atom. The lowest BCUT2D eigenvalue weighted by Gasteiger charge is -2.33. The Morgan fingerprint density at radius 2 is 0.740 bits per heavy atom. The summed E-state index contributed by atoms with van der Waals surface area (Å²) in [7, 11) is 0. The highest BCUT2D eigenvalue weighted by molar-refractivity contribution is 9.10. The summed E-state index contributed by atoms with van der Waals surface area (Å²) in [6.07, 6.45) is 24.7. The Bertz CT molecular complexity index is 3390. The highest BCUT2D eigenvalue weighted by Crippen LogP contribution is 2.56. The van der Waals surface area contributed by atoms with Crippen LogP contribution < -0.4 is 0 Å². The second kappa shape index (κ2) is 25.9. The van der Waals surface area contributed by atoms with Crippen LogP contribution in [0, 0.1) is 0 Å². The third kappa shape index (κ3) is 12.5. The number of nitrogens with zero attached hydrogens (tertiary/aromatic N) is 2. The molecular formula is C73H78Br2N2. The number of rotatable bonds is 25. The average Bonchev–Trinajstić information content (AvgIpc) is 3.88. The van der Waals surface area contributed by atoms with Crippen molar-refractivity contribution < 1.29 is 0 Å². The van der Waals surface area contributed by atoms with Crippen LogP contribution in [0.4, 0.5) is 0 Å². The number of hydrogen-bond donors (Lipinski definition) is 0. The molecule has 0 radical (unpaired) electrons. The maximum Gasteiger partial charge on any atom is 0.0719 e. The molecule has 0 aliphatic heterocycles. The maximum atomic E-state index is 5.64. The van der Waals surface area contributed by atoms with Crippen LogP contribution >= 0.6 is 31.9 Å². The van der Waals surface area contributed by atoms with Gasteiger partial charge in [0.1, 0.15) is 0 Å². The van der Waals surface area contributed by atoms with Gasteiger partial charge < -0.3 is 0 Å². The Kier molecular flexibility index (Phi) is 18.4. The third-order valence-corrected chi connectivity index (χ3v) is 17.9. The quantitative estimate of drug-likeness (QED) is 0.0533. The van der Waals surface area contributed by atoms with Crippen molar-refractivity contribution in [1.29, 1.82) is 0 Å². The fraction of sp³-hybridized carbons (Fsp3) is 0.342. The van der Waals surface area contributed by atoms with Gasteiger partial charge in [0.05, 0.1) is 22.4 Å². The predicted octanol–water partition coefficient (Wildman–Crippen LogP) is 23.1. The lowest BCUT2D eigenvalue weighted by atomic mass is 9.70. The third-order valence-electron chi connectivity index (χ3n) is 16.8. The minimum Gasteiger partial charge on any atom is -0.248 e. The molecule has 394 valence electrons. The lowest BCUT2D eigenvalue weighted by molar-refractivity contribution is 0.398. The molecule has 0 saturated carbocycles. The van der Waals surface area contributed by atoms with Crippen LogP contribution in [0.5, 0.6) is 0 Å². The van der Waals surface area contributed by atoms with E-state index in [1.165, 1.54) is 180 Å². The van der Waals surface area contributed by atoms with Gasteiger partial charge in [0.2, 0.25) is 0 Å². The second-order valence-electron chi connectivity index (χ2n) is 22.2. The van der Waals surface area contributed by atoms with Gasteiger partial charge >= 0.3 is 0 Å². The van der Waals surface area contributed by atoms with Crippen LogP contribution in [0.15, 0.2) is 167 Å². The van der Waals surface area contributed by atoms with Crippen molar-refractivity contribution in [3.05, 3.63) is 189 Å². The minimum absolute atomic E-state index is 0.135. The van der Waals surface area contributed by atoms with Crippen molar-refractivity contribution in [1.82, 2.24) is 9.97 Å². The van der Waals surface area contributed by atoms with Gasteiger partial charge in [-0.3, -0.25) is 0 Å². The molecule has 2 nitrogen and oxygen atoms in total. The van der Waals surface area contributed by atoms with Crippen molar-refractivity contribution in [2.24, 2.45) is 0 Å². The Balaban J connectivity index is 1.14. The summed E-state index contributed by atoms with van der Waals surface area (Å²) < 4.78 is 2.15. The topological polar surface area (TPSA) is 25.8 Å². The first-order valence-electron chi connectivity index (χ1n) is 29.6. The van der Waals surface area contributed by atoms with E-state index in [1.54, 1.807) is 0 Å². The van der Waals surface area contributed by atoms with E-state index in [0.717, 1.165) is 68.2 Å². The molecule has 2 aromatic heterocycles. The van der Waals surface area contributed by atoms with Gasteiger partial charge in [-0.1, -0.05) is 240 Å². The summed E-state index contributed by atoms with van der Waals surface area (Å²) in [5.41, 5.74) is 22.3. The normalized spacial score (nSPS) is 12.6. The number of hydrogen-bond acceptors (Lipinski definition) is 2. The average molecular weight is 1140 g/mol. The van der Waals surface area contributed by atoms with E-state index >= 15 is 0 Å². The van der Waals surface area contributed by atoms with Gasteiger partial charge in [-0.2, -0.15) is 0 Å². The molecule has 0 saturated heterocycles. The first-order valence-corrected chi connectivity index (χ1v) is 31.2. The monoisotopic (exact) mass is 1140 g/mol. The molecule has 0 N–H and O–H groups in total. The molecule has 0 spiro atoms. The number of pyridine rings is 2. The van der Waals surface area contributed by atoms with E-state index in [4.69, 9.17) is 9.97 Å². The second-order valence-corrected chi connectivity index (χ2v) is 24.1. The number of fused-ring (bicyclic) bond motifs is 5. The largest absolute Gasteiger partial charge is 0.248 e. The van der Waals surface area contributed by atoms with E-state index < -0.39 is 0 Å². The van der Waals surface area contributed by atoms with Gasteiger partial charge in [-0.25, -0.2) is 9.97 Å². The molecule has 9 aromatic rings. The van der Waals surface area contributed by atoms with Gasteiger partial charge in [0.25, 0.3) is 0 Å². The highest BCUT2D eigenvalue weighted by Gasteiger charge is 2.43. The summed E-state index contributed by atoms with van der Waals surface area (Å²) in [4.78, 5) is 11.0.